The molecule has 3 aromatic carbocycles. The maximum Gasteiger partial charge on any atom is 0.193 e. The summed E-state index contributed by atoms with van der Waals surface area (Å²) in [6, 6.07) is 19.3. The van der Waals surface area contributed by atoms with Crippen molar-refractivity contribution in [3.63, 3.8) is 0 Å². The van der Waals surface area contributed by atoms with Gasteiger partial charge < -0.3 is 0 Å². The summed E-state index contributed by atoms with van der Waals surface area (Å²) in [5.74, 6) is -0.114. The lowest BCUT2D eigenvalue weighted by atomic mass is 9.97. The highest BCUT2D eigenvalue weighted by molar-refractivity contribution is 7.90. The first-order valence-corrected chi connectivity index (χ1v) is 8.68. The third-order valence-corrected chi connectivity index (χ3v) is 4.71. The van der Waals surface area contributed by atoms with Gasteiger partial charge in [-0.3, -0.25) is 4.79 Å². The van der Waals surface area contributed by atoms with Crippen molar-refractivity contribution in [2.45, 2.75) is 4.90 Å². The summed E-state index contributed by atoms with van der Waals surface area (Å²) in [5, 5.41) is 1.89. The average Bonchev–Trinajstić information content (AvgIpc) is 2.53. The molecule has 0 aliphatic carbocycles. The number of hydrogen-bond donors (Lipinski definition) is 0. The molecule has 0 saturated carbocycles. The number of benzene rings is 3. The molecule has 0 spiro atoms. The third kappa shape index (κ3) is 2.65. The Hall–Kier alpha value is -2.46. The molecule has 0 atom stereocenters. The van der Waals surface area contributed by atoms with Crippen LogP contribution in [-0.2, 0) is 9.84 Å². The fourth-order valence-electron chi connectivity index (χ4n) is 2.43. The van der Waals surface area contributed by atoms with Crippen molar-refractivity contribution >= 4 is 26.4 Å². The largest absolute Gasteiger partial charge is 0.289 e. The van der Waals surface area contributed by atoms with Gasteiger partial charge in [0.15, 0.2) is 15.6 Å². The van der Waals surface area contributed by atoms with Crippen molar-refractivity contribution in [2.24, 2.45) is 0 Å². The van der Waals surface area contributed by atoms with Crippen molar-refractivity contribution < 1.29 is 13.2 Å². The Kier molecular flexibility index (Phi) is 3.54. The van der Waals surface area contributed by atoms with E-state index in [9.17, 15) is 13.2 Å². The molecule has 0 radical (unpaired) electrons. The first-order chi connectivity index (χ1) is 10.5. The minimum Gasteiger partial charge on any atom is -0.289 e. The molecule has 0 amide bonds. The van der Waals surface area contributed by atoms with Crippen molar-refractivity contribution in [1.82, 2.24) is 0 Å². The van der Waals surface area contributed by atoms with Gasteiger partial charge in [-0.15, -0.1) is 0 Å². The topological polar surface area (TPSA) is 51.2 Å². The Bertz CT molecular complexity index is 950. The SMILES string of the molecule is CS(=O)(=O)c1ccc(C(=O)c2cccc3ccccc23)cc1. The van der Waals surface area contributed by atoms with Gasteiger partial charge in [-0.25, -0.2) is 8.42 Å². The van der Waals surface area contributed by atoms with Gasteiger partial charge >= 0.3 is 0 Å². The van der Waals surface area contributed by atoms with E-state index >= 15 is 0 Å². The molecule has 3 aromatic rings. The number of ketones is 1. The smallest absolute Gasteiger partial charge is 0.193 e. The molecule has 22 heavy (non-hydrogen) atoms. The molecule has 0 aromatic heterocycles. The summed E-state index contributed by atoms with van der Waals surface area (Å²) >= 11 is 0. The second-order valence-corrected chi connectivity index (χ2v) is 7.17. The van der Waals surface area contributed by atoms with Crippen LogP contribution >= 0.6 is 0 Å². The minimum absolute atomic E-state index is 0.114. The Labute approximate surface area is 129 Å². The van der Waals surface area contributed by atoms with Crippen LogP contribution in [0.1, 0.15) is 15.9 Å². The van der Waals surface area contributed by atoms with Gasteiger partial charge in [0.2, 0.25) is 0 Å². The van der Waals surface area contributed by atoms with Crippen LogP contribution < -0.4 is 0 Å². The standard InChI is InChI=1S/C18H14O3S/c1-22(20,21)15-11-9-14(10-12-15)18(19)17-8-4-6-13-5-2-3-7-16(13)17/h2-12H,1H3. The van der Waals surface area contributed by atoms with Crippen molar-refractivity contribution in [3.8, 4) is 0 Å². The Balaban J connectivity index is 2.07. The van der Waals surface area contributed by atoms with Crippen LogP contribution in [0.25, 0.3) is 10.8 Å². The zero-order chi connectivity index (χ0) is 15.7. The lowest BCUT2D eigenvalue weighted by Gasteiger charge is -2.06. The van der Waals surface area contributed by atoms with Crippen LogP contribution in [0.3, 0.4) is 0 Å². The molecule has 3 rings (SSSR count). The molecule has 0 heterocycles. The van der Waals surface area contributed by atoms with Gasteiger partial charge in [-0.2, -0.15) is 0 Å². The molecular formula is C18H14O3S. The highest BCUT2D eigenvalue weighted by Crippen LogP contribution is 2.22. The predicted molar refractivity (Wildman–Crippen MR) is 86.9 cm³/mol. The van der Waals surface area contributed by atoms with Gasteiger partial charge in [-0.1, -0.05) is 42.5 Å². The van der Waals surface area contributed by atoms with Gasteiger partial charge in [-0.05, 0) is 35.0 Å². The Morgan fingerprint density at radius 2 is 1.45 bits per heavy atom. The van der Waals surface area contributed by atoms with E-state index in [1.165, 1.54) is 12.1 Å². The van der Waals surface area contributed by atoms with Gasteiger partial charge in [0, 0.05) is 17.4 Å². The van der Waals surface area contributed by atoms with Crippen LogP contribution in [0.4, 0.5) is 0 Å². The zero-order valence-corrected chi connectivity index (χ0v) is 12.8. The number of carbonyl (C=O) groups excluding carboxylic acids is 1. The highest BCUT2D eigenvalue weighted by atomic mass is 32.2. The van der Waals surface area contributed by atoms with Crippen LogP contribution in [0.5, 0.6) is 0 Å². The summed E-state index contributed by atoms with van der Waals surface area (Å²) in [6.07, 6.45) is 1.15. The van der Waals surface area contributed by atoms with E-state index in [-0.39, 0.29) is 10.7 Å². The molecule has 0 aliphatic rings. The van der Waals surface area contributed by atoms with Gasteiger partial charge in [0.1, 0.15) is 0 Å². The molecule has 4 heteroatoms. The lowest BCUT2D eigenvalue weighted by Crippen LogP contribution is -2.03. The van der Waals surface area contributed by atoms with E-state index < -0.39 is 9.84 Å². The summed E-state index contributed by atoms with van der Waals surface area (Å²) in [5.41, 5.74) is 1.09. The summed E-state index contributed by atoms with van der Waals surface area (Å²) in [6.45, 7) is 0. The molecule has 0 bridgehead atoms. The average molecular weight is 310 g/mol. The summed E-state index contributed by atoms with van der Waals surface area (Å²) in [4.78, 5) is 12.9. The van der Waals surface area contributed by atoms with Crippen molar-refractivity contribution in [1.29, 1.82) is 0 Å². The number of fused-ring (bicyclic) bond motifs is 1. The van der Waals surface area contributed by atoms with E-state index in [4.69, 9.17) is 0 Å². The second kappa shape index (κ2) is 5.39. The van der Waals surface area contributed by atoms with Gasteiger partial charge in [0.05, 0.1) is 4.90 Å². The zero-order valence-electron chi connectivity index (χ0n) is 12.0. The minimum atomic E-state index is -3.26. The van der Waals surface area contributed by atoms with E-state index in [0.29, 0.717) is 11.1 Å². The van der Waals surface area contributed by atoms with Crippen molar-refractivity contribution in [2.75, 3.05) is 6.26 Å². The maximum absolute atomic E-state index is 12.7. The van der Waals surface area contributed by atoms with E-state index in [1.54, 1.807) is 18.2 Å². The molecule has 110 valence electrons. The molecule has 0 aliphatic heterocycles. The Morgan fingerprint density at radius 3 is 2.14 bits per heavy atom. The Morgan fingerprint density at radius 1 is 0.818 bits per heavy atom. The van der Waals surface area contributed by atoms with E-state index in [1.807, 2.05) is 36.4 Å². The third-order valence-electron chi connectivity index (χ3n) is 3.58. The van der Waals surface area contributed by atoms with Crippen LogP contribution in [0, 0.1) is 0 Å². The lowest BCUT2D eigenvalue weighted by molar-refractivity contribution is 0.104. The quantitative estimate of drug-likeness (QED) is 0.696. The first kappa shape index (κ1) is 14.5. The molecule has 0 unspecified atom stereocenters. The number of sulfone groups is 1. The second-order valence-electron chi connectivity index (χ2n) is 5.15. The monoisotopic (exact) mass is 310 g/mol. The van der Waals surface area contributed by atoms with Crippen LogP contribution in [0.2, 0.25) is 0 Å². The molecule has 3 nitrogen and oxygen atoms in total. The van der Waals surface area contributed by atoms with Gasteiger partial charge in [0.25, 0.3) is 0 Å². The van der Waals surface area contributed by atoms with Crippen LogP contribution in [0.15, 0.2) is 71.6 Å². The molecule has 0 saturated heterocycles. The van der Waals surface area contributed by atoms with E-state index in [2.05, 4.69) is 0 Å². The maximum atomic E-state index is 12.7. The summed E-state index contributed by atoms with van der Waals surface area (Å²) < 4.78 is 22.9. The van der Waals surface area contributed by atoms with E-state index in [0.717, 1.165) is 17.0 Å². The molecule has 0 fully saturated rings. The normalized spacial score (nSPS) is 11.5. The molecular weight excluding hydrogens is 296 g/mol. The number of rotatable bonds is 3. The van der Waals surface area contributed by atoms with Crippen molar-refractivity contribution in [3.05, 3.63) is 77.9 Å². The van der Waals surface area contributed by atoms with Crippen LogP contribution in [-0.4, -0.2) is 20.5 Å². The molecule has 0 N–H and O–H groups in total. The number of carbonyl (C=O) groups is 1. The first-order valence-electron chi connectivity index (χ1n) is 6.79. The fourth-order valence-corrected chi connectivity index (χ4v) is 3.06. The summed E-state index contributed by atoms with van der Waals surface area (Å²) in [7, 11) is -3.26. The predicted octanol–water partition coefficient (Wildman–Crippen LogP) is 3.47. The number of hydrogen-bond acceptors (Lipinski definition) is 3. The fraction of sp³-hybridized carbons (Fsp3) is 0.0556. The highest BCUT2D eigenvalue weighted by Gasteiger charge is 2.13.